The number of nitrogens with zero attached hydrogens (tertiary/aromatic N) is 1. The third-order valence-corrected chi connectivity index (χ3v) is 5.52. The van der Waals surface area contributed by atoms with Crippen LogP contribution in [0.25, 0.3) is 33.1 Å². The number of fused-ring (bicyclic) bond motifs is 3. The Labute approximate surface area is 177 Å². The van der Waals surface area contributed by atoms with E-state index in [0.717, 1.165) is 27.5 Å². The van der Waals surface area contributed by atoms with Crippen molar-refractivity contribution >= 4 is 33.3 Å². The van der Waals surface area contributed by atoms with Gasteiger partial charge in [-0.25, -0.2) is 0 Å². The van der Waals surface area contributed by atoms with E-state index in [1.54, 1.807) is 0 Å². The van der Waals surface area contributed by atoms with Crippen LogP contribution in [0, 0.1) is 0 Å². The maximum absolute atomic E-state index is 6.07. The molecule has 0 aliphatic rings. The smallest absolute Gasteiger partial charge is 0.136 e. The van der Waals surface area contributed by atoms with Crippen molar-refractivity contribution in [3.05, 3.63) is 97.1 Å². The van der Waals surface area contributed by atoms with Crippen molar-refractivity contribution in [2.75, 3.05) is 4.90 Å². The fourth-order valence-electron chi connectivity index (χ4n) is 4.21. The zero-order valence-corrected chi connectivity index (χ0v) is 17.6. The normalized spacial score (nSPS) is 11.8. The summed E-state index contributed by atoms with van der Waals surface area (Å²) in [4.78, 5) is 2.37. The molecule has 0 N–H and O–H groups in total. The van der Waals surface area contributed by atoms with E-state index in [1.807, 2.05) is 12.1 Å². The van der Waals surface area contributed by atoms with Crippen molar-refractivity contribution in [3.8, 4) is 11.1 Å². The molecule has 0 radical (unpaired) electrons. The van der Waals surface area contributed by atoms with Crippen molar-refractivity contribution < 1.29 is 4.42 Å². The topological polar surface area (TPSA) is 16.4 Å². The van der Waals surface area contributed by atoms with Gasteiger partial charge in [-0.05, 0) is 74.4 Å². The standard InChI is InChI=1S/C28H25NO/c1-28(2,3)29(22-9-5-4-6-10-22)23-16-13-20(14-17-23)21-15-18-25-24-11-7-8-12-26(24)30-27(25)19-21/h4-19H,1-3H3. The first kappa shape index (κ1) is 18.5. The van der Waals surface area contributed by atoms with Crippen molar-refractivity contribution in [1.82, 2.24) is 0 Å². The van der Waals surface area contributed by atoms with Gasteiger partial charge in [0.15, 0.2) is 0 Å². The molecule has 0 atom stereocenters. The molecule has 5 aromatic rings. The number of anilines is 2. The summed E-state index contributed by atoms with van der Waals surface area (Å²) in [6.07, 6.45) is 0. The van der Waals surface area contributed by atoms with Gasteiger partial charge in [-0.2, -0.15) is 0 Å². The van der Waals surface area contributed by atoms with E-state index in [1.165, 1.54) is 16.9 Å². The summed E-state index contributed by atoms with van der Waals surface area (Å²) in [5, 5.41) is 2.33. The lowest BCUT2D eigenvalue weighted by Gasteiger charge is -2.38. The summed E-state index contributed by atoms with van der Waals surface area (Å²) in [5.74, 6) is 0. The fourth-order valence-corrected chi connectivity index (χ4v) is 4.21. The van der Waals surface area contributed by atoms with Crippen LogP contribution < -0.4 is 4.90 Å². The van der Waals surface area contributed by atoms with Gasteiger partial charge in [0.1, 0.15) is 11.2 Å². The predicted molar refractivity (Wildman–Crippen MR) is 127 cm³/mol. The predicted octanol–water partition coefficient (Wildman–Crippen LogP) is 8.19. The molecule has 0 unspecified atom stereocenters. The van der Waals surface area contributed by atoms with E-state index in [9.17, 15) is 0 Å². The van der Waals surface area contributed by atoms with Crippen molar-refractivity contribution in [2.45, 2.75) is 26.3 Å². The Kier molecular flexibility index (Phi) is 4.36. The second-order valence-electron chi connectivity index (χ2n) is 8.70. The Morgan fingerprint density at radius 2 is 1.17 bits per heavy atom. The number of furan rings is 1. The number of rotatable bonds is 3. The molecule has 0 spiro atoms. The van der Waals surface area contributed by atoms with Crippen LogP contribution in [-0.2, 0) is 0 Å². The molecule has 1 heterocycles. The summed E-state index contributed by atoms with van der Waals surface area (Å²) in [7, 11) is 0. The first-order valence-corrected chi connectivity index (χ1v) is 10.4. The molecule has 5 rings (SSSR count). The largest absolute Gasteiger partial charge is 0.456 e. The lowest BCUT2D eigenvalue weighted by atomic mass is 10.0. The van der Waals surface area contributed by atoms with Crippen molar-refractivity contribution in [3.63, 3.8) is 0 Å². The van der Waals surface area contributed by atoms with Crippen LogP contribution in [0.15, 0.2) is 101 Å². The van der Waals surface area contributed by atoms with Crippen LogP contribution in [0.1, 0.15) is 20.8 Å². The van der Waals surface area contributed by atoms with Crippen molar-refractivity contribution in [2.24, 2.45) is 0 Å². The number of hydrogen-bond acceptors (Lipinski definition) is 2. The number of benzene rings is 4. The molecule has 1 aromatic heterocycles. The Bertz CT molecular complexity index is 1310. The minimum Gasteiger partial charge on any atom is -0.456 e. The first-order valence-electron chi connectivity index (χ1n) is 10.4. The third-order valence-electron chi connectivity index (χ3n) is 5.52. The van der Waals surface area contributed by atoms with E-state index in [4.69, 9.17) is 4.42 Å². The summed E-state index contributed by atoms with van der Waals surface area (Å²) >= 11 is 0. The molecule has 0 aliphatic heterocycles. The van der Waals surface area contributed by atoms with Gasteiger partial charge in [-0.1, -0.05) is 54.6 Å². The quantitative estimate of drug-likeness (QED) is 0.308. The highest BCUT2D eigenvalue weighted by molar-refractivity contribution is 6.05. The second-order valence-corrected chi connectivity index (χ2v) is 8.70. The molecule has 0 amide bonds. The Morgan fingerprint density at radius 1 is 0.567 bits per heavy atom. The van der Waals surface area contributed by atoms with Crippen LogP contribution in [0.4, 0.5) is 11.4 Å². The van der Waals surface area contributed by atoms with Gasteiger partial charge in [0, 0.05) is 27.7 Å². The van der Waals surface area contributed by atoms with Crippen LogP contribution >= 0.6 is 0 Å². The van der Waals surface area contributed by atoms with E-state index in [-0.39, 0.29) is 5.54 Å². The van der Waals surface area contributed by atoms with Gasteiger partial charge >= 0.3 is 0 Å². The SMILES string of the molecule is CC(C)(C)N(c1ccccc1)c1ccc(-c2ccc3c(c2)oc2ccccc23)cc1. The average molecular weight is 392 g/mol. The highest BCUT2D eigenvalue weighted by atomic mass is 16.3. The Hall–Kier alpha value is -3.52. The van der Waals surface area contributed by atoms with Crippen LogP contribution in [-0.4, -0.2) is 5.54 Å². The average Bonchev–Trinajstić information content (AvgIpc) is 3.12. The lowest BCUT2D eigenvalue weighted by molar-refractivity contribution is 0.560. The molecule has 0 bridgehead atoms. The van der Waals surface area contributed by atoms with Gasteiger partial charge in [0.25, 0.3) is 0 Å². The van der Waals surface area contributed by atoms with Gasteiger partial charge in [-0.15, -0.1) is 0 Å². The minimum absolute atomic E-state index is 0.0317. The molecule has 30 heavy (non-hydrogen) atoms. The molecule has 148 valence electrons. The molecule has 2 heteroatoms. The highest BCUT2D eigenvalue weighted by Crippen LogP contribution is 2.36. The molecule has 0 fully saturated rings. The van der Waals surface area contributed by atoms with Crippen LogP contribution in [0.5, 0.6) is 0 Å². The van der Waals surface area contributed by atoms with Gasteiger partial charge in [0.05, 0.1) is 0 Å². The Balaban J connectivity index is 1.53. The van der Waals surface area contributed by atoms with Crippen LogP contribution in [0.3, 0.4) is 0 Å². The van der Waals surface area contributed by atoms with Crippen molar-refractivity contribution in [1.29, 1.82) is 0 Å². The maximum Gasteiger partial charge on any atom is 0.136 e. The van der Waals surface area contributed by atoms with Gasteiger partial charge < -0.3 is 9.32 Å². The summed E-state index contributed by atoms with van der Waals surface area (Å²) < 4.78 is 6.07. The number of para-hydroxylation sites is 2. The Morgan fingerprint density at radius 3 is 1.90 bits per heavy atom. The summed E-state index contributed by atoms with van der Waals surface area (Å²) in [5.41, 5.74) is 6.56. The van der Waals surface area contributed by atoms with E-state index >= 15 is 0 Å². The van der Waals surface area contributed by atoms with E-state index in [0.29, 0.717) is 0 Å². The summed E-state index contributed by atoms with van der Waals surface area (Å²) in [6, 6.07) is 34.0. The summed E-state index contributed by atoms with van der Waals surface area (Å²) in [6.45, 7) is 6.72. The van der Waals surface area contributed by atoms with Gasteiger partial charge in [0.2, 0.25) is 0 Å². The number of hydrogen-bond donors (Lipinski definition) is 0. The third kappa shape index (κ3) is 3.25. The molecule has 2 nitrogen and oxygen atoms in total. The lowest BCUT2D eigenvalue weighted by Crippen LogP contribution is -2.37. The molecule has 0 aliphatic carbocycles. The highest BCUT2D eigenvalue weighted by Gasteiger charge is 2.23. The fraction of sp³-hybridized carbons (Fsp3) is 0.143. The molecule has 4 aromatic carbocycles. The first-order chi connectivity index (χ1) is 14.5. The molecular weight excluding hydrogens is 366 g/mol. The zero-order valence-electron chi connectivity index (χ0n) is 17.6. The molecule has 0 saturated carbocycles. The zero-order chi connectivity index (χ0) is 20.7. The monoisotopic (exact) mass is 391 g/mol. The van der Waals surface area contributed by atoms with E-state index in [2.05, 4.69) is 111 Å². The molecule has 0 saturated heterocycles. The second kappa shape index (κ2) is 7.07. The van der Waals surface area contributed by atoms with Crippen LogP contribution in [0.2, 0.25) is 0 Å². The maximum atomic E-state index is 6.07. The molecular formula is C28H25NO. The van der Waals surface area contributed by atoms with E-state index < -0.39 is 0 Å². The minimum atomic E-state index is -0.0317. The van der Waals surface area contributed by atoms with Gasteiger partial charge in [-0.3, -0.25) is 0 Å².